The number of hydrogen-bond donors (Lipinski definition) is 1. The Morgan fingerprint density at radius 2 is 2.14 bits per heavy atom. The van der Waals surface area contributed by atoms with Crippen LogP contribution in [-0.4, -0.2) is 21.1 Å². The maximum Gasteiger partial charge on any atom is 0.226 e. The highest BCUT2D eigenvalue weighted by Gasteiger charge is 2.14. The SMILES string of the molecule is CCC(CC)c1nnc(NC(=O)CCc2cccnc2)s1. The summed E-state index contributed by atoms with van der Waals surface area (Å²) in [5.74, 6) is 0.398. The van der Waals surface area contributed by atoms with Crippen LogP contribution in [0.2, 0.25) is 0 Å². The standard InChI is InChI=1S/C15H20N4OS/c1-3-12(4-2)14-18-19-15(21-14)17-13(20)8-7-11-6-5-9-16-10-11/h5-6,9-10,12H,3-4,7-8H2,1-2H3,(H,17,19,20). The van der Waals surface area contributed by atoms with Gasteiger partial charge in [0.2, 0.25) is 11.0 Å². The van der Waals surface area contributed by atoms with Crippen LogP contribution in [0, 0.1) is 0 Å². The van der Waals surface area contributed by atoms with E-state index < -0.39 is 0 Å². The minimum absolute atomic E-state index is 0.0360. The molecule has 6 heteroatoms. The van der Waals surface area contributed by atoms with E-state index in [4.69, 9.17) is 0 Å². The Kier molecular flexibility index (Phi) is 5.80. The number of hydrogen-bond acceptors (Lipinski definition) is 5. The summed E-state index contributed by atoms with van der Waals surface area (Å²) in [6, 6.07) is 3.84. The van der Waals surface area contributed by atoms with Crippen molar-refractivity contribution in [1.29, 1.82) is 0 Å². The second-order valence-corrected chi connectivity index (χ2v) is 5.88. The normalized spacial score (nSPS) is 10.8. The van der Waals surface area contributed by atoms with E-state index in [1.807, 2.05) is 12.1 Å². The van der Waals surface area contributed by atoms with E-state index in [2.05, 4.69) is 34.3 Å². The molecular weight excluding hydrogens is 284 g/mol. The van der Waals surface area contributed by atoms with Crippen molar-refractivity contribution in [3.63, 3.8) is 0 Å². The van der Waals surface area contributed by atoms with Crippen molar-refractivity contribution < 1.29 is 4.79 Å². The number of rotatable bonds is 7. The van der Waals surface area contributed by atoms with E-state index in [1.165, 1.54) is 11.3 Å². The molecule has 0 unspecified atom stereocenters. The molecule has 2 aromatic heterocycles. The topological polar surface area (TPSA) is 67.8 Å². The molecule has 0 atom stereocenters. The summed E-state index contributed by atoms with van der Waals surface area (Å²) in [6.45, 7) is 4.28. The van der Waals surface area contributed by atoms with E-state index in [0.717, 1.165) is 23.4 Å². The van der Waals surface area contributed by atoms with Gasteiger partial charge in [-0.2, -0.15) is 0 Å². The van der Waals surface area contributed by atoms with Gasteiger partial charge in [-0.3, -0.25) is 9.78 Å². The van der Waals surface area contributed by atoms with Crippen LogP contribution >= 0.6 is 11.3 Å². The molecule has 112 valence electrons. The third-order valence-electron chi connectivity index (χ3n) is 3.39. The first kappa shape index (κ1) is 15.6. The van der Waals surface area contributed by atoms with Crippen LogP contribution in [0.3, 0.4) is 0 Å². The number of nitrogens with zero attached hydrogens (tertiary/aromatic N) is 3. The highest BCUT2D eigenvalue weighted by Crippen LogP contribution is 2.28. The lowest BCUT2D eigenvalue weighted by Gasteiger charge is -2.05. The largest absolute Gasteiger partial charge is 0.301 e. The molecule has 0 radical (unpaired) electrons. The van der Waals surface area contributed by atoms with Gasteiger partial charge in [-0.15, -0.1) is 10.2 Å². The smallest absolute Gasteiger partial charge is 0.226 e. The molecule has 0 saturated heterocycles. The molecule has 0 aliphatic rings. The van der Waals surface area contributed by atoms with Crippen molar-refractivity contribution in [3.05, 3.63) is 35.1 Å². The molecule has 1 amide bonds. The van der Waals surface area contributed by atoms with Crippen LogP contribution in [0.15, 0.2) is 24.5 Å². The van der Waals surface area contributed by atoms with Crippen LogP contribution in [0.4, 0.5) is 5.13 Å². The molecule has 21 heavy (non-hydrogen) atoms. The zero-order valence-corrected chi connectivity index (χ0v) is 13.2. The first-order valence-corrected chi connectivity index (χ1v) is 8.06. The Labute approximate surface area is 128 Å². The molecule has 0 aliphatic carbocycles. The van der Waals surface area contributed by atoms with Gasteiger partial charge in [0.05, 0.1) is 0 Å². The predicted octanol–water partition coefficient (Wildman–Crippen LogP) is 3.41. The van der Waals surface area contributed by atoms with Crippen molar-refractivity contribution in [2.75, 3.05) is 5.32 Å². The second-order valence-electron chi connectivity index (χ2n) is 4.87. The quantitative estimate of drug-likeness (QED) is 0.851. The minimum atomic E-state index is -0.0360. The first-order valence-electron chi connectivity index (χ1n) is 7.25. The van der Waals surface area contributed by atoms with Gasteiger partial charge < -0.3 is 5.32 Å². The number of aromatic nitrogens is 3. The lowest BCUT2D eigenvalue weighted by molar-refractivity contribution is -0.116. The molecule has 0 spiro atoms. The Hall–Kier alpha value is -1.82. The molecule has 0 fully saturated rings. The van der Waals surface area contributed by atoms with Crippen LogP contribution in [0.25, 0.3) is 0 Å². The van der Waals surface area contributed by atoms with Gasteiger partial charge in [-0.25, -0.2) is 0 Å². The van der Waals surface area contributed by atoms with Gasteiger partial charge in [0, 0.05) is 24.7 Å². The maximum absolute atomic E-state index is 11.9. The molecule has 2 aromatic rings. The van der Waals surface area contributed by atoms with Gasteiger partial charge in [-0.1, -0.05) is 31.3 Å². The molecule has 1 N–H and O–H groups in total. The average Bonchev–Trinajstić information content (AvgIpc) is 2.96. The van der Waals surface area contributed by atoms with Crippen LogP contribution in [0.5, 0.6) is 0 Å². The van der Waals surface area contributed by atoms with E-state index in [-0.39, 0.29) is 5.91 Å². The molecule has 0 saturated carbocycles. The van der Waals surface area contributed by atoms with Gasteiger partial charge >= 0.3 is 0 Å². The van der Waals surface area contributed by atoms with Crippen LogP contribution < -0.4 is 5.32 Å². The predicted molar refractivity (Wildman–Crippen MR) is 84.4 cm³/mol. The van der Waals surface area contributed by atoms with Crippen molar-refractivity contribution in [3.8, 4) is 0 Å². The molecular formula is C15H20N4OS. The fraction of sp³-hybridized carbons (Fsp3) is 0.467. The van der Waals surface area contributed by atoms with Gasteiger partial charge in [0.15, 0.2) is 0 Å². The zero-order chi connectivity index (χ0) is 15.1. The van der Waals surface area contributed by atoms with Crippen LogP contribution in [-0.2, 0) is 11.2 Å². The first-order chi connectivity index (χ1) is 10.2. The second kappa shape index (κ2) is 7.83. The van der Waals surface area contributed by atoms with E-state index >= 15 is 0 Å². The molecule has 0 aliphatic heterocycles. The van der Waals surface area contributed by atoms with Crippen molar-refractivity contribution >= 4 is 22.4 Å². The molecule has 0 aromatic carbocycles. The fourth-order valence-corrected chi connectivity index (χ4v) is 3.10. The van der Waals surface area contributed by atoms with Crippen molar-refractivity contribution in [1.82, 2.24) is 15.2 Å². The van der Waals surface area contributed by atoms with Gasteiger partial charge in [0.1, 0.15) is 5.01 Å². The summed E-state index contributed by atoms with van der Waals surface area (Å²) < 4.78 is 0. The number of anilines is 1. The molecule has 2 rings (SSSR count). The Morgan fingerprint density at radius 3 is 2.81 bits per heavy atom. The lowest BCUT2D eigenvalue weighted by atomic mass is 10.1. The summed E-state index contributed by atoms with van der Waals surface area (Å²) >= 11 is 1.47. The number of carbonyl (C=O) groups is 1. The summed E-state index contributed by atoms with van der Waals surface area (Å²) in [5.41, 5.74) is 1.06. The minimum Gasteiger partial charge on any atom is -0.301 e. The molecule has 5 nitrogen and oxygen atoms in total. The summed E-state index contributed by atoms with van der Waals surface area (Å²) in [7, 11) is 0. The molecule has 2 heterocycles. The van der Waals surface area contributed by atoms with E-state index in [0.29, 0.717) is 23.9 Å². The number of carbonyl (C=O) groups excluding carboxylic acids is 1. The maximum atomic E-state index is 11.9. The van der Waals surface area contributed by atoms with Crippen LogP contribution in [0.1, 0.15) is 49.6 Å². The third-order valence-corrected chi connectivity index (χ3v) is 4.39. The number of aryl methyl sites for hydroxylation is 1. The number of pyridine rings is 1. The summed E-state index contributed by atoms with van der Waals surface area (Å²) in [6.07, 6.45) is 6.69. The molecule has 0 bridgehead atoms. The van der Waals surface area contributed by atoms with E-state index in [9.17, 15) is 4.79 Å². The van der Waals surface area contributed by atoms with E-state index in [1.54, 1.807) is 12.4 Å². The monoisotopic (exact) mass is 304 g/mol. The van der Waals surface area contributed by atoms with Gasteiger partial charge in [-0.05, 0) is 30.9 Å². The van der Waals surface area contributed by atoms with Crippen molar-refractivity contribution in [2.45, 2.75) is 45.4 Å². The Morgan fingerprint density at radius 1 is 1.33 bits per heavy atom. The Bertz CT molecular complexity index is 566. The number of nitrogens with one attached hydrogen (secondary N) is 1. The summed E-state index contributed by atoms with van der Waals surface area (Å²) in [5, 5.41) is 12.6. The van der Waals surface area contributed by atoms with Gasteiger partial charge in [0.25, 0.3) is 0 Å². The number of amides is 1. The fourth-order valence-electron chi connectivity index (χ4n) is 2.07. The summed E-state index contributed by atoms with van der Waals surface area (Å²) in [4.78, 5) is 15.9. The third kappa shape index (κ3) is 4.60. The lowest BCUT2D eigenvalue weighted by Crippen LogP contribution is -2.12. The zero-order valence-electron chi connectivity index (χ0n) is 12.4. The highest BCUT2D eigenvalue weighted by molar-refractivity contribution is 7.15. The Balaban J connectivity index is 1.85. The highest BCUT2D eigenvalue weighted by atomic mass is 32.1. The average molecular weight is 304 g/mol. The van der Waals surface area contributed by atoms with Crippen molar-refractivity contribution in [2.24, 2.45) is 0 Å².